The van der Waals surface area contributed by atoms with Crippen LogP contribution in [0.15, 0.2) is 66.6 Å². The largest absolute Gasteiger partial charge is 0.493 e. The summed E-state index contributed by atoms with van der Waals surface area (Å²) in [4.78, 5) is 43.1. The van der Waals surface area contributed by atoms with Crippen LogP contribution in [0.2, 0.25) is 0 Å². The van der Waals surface area contributed by atoms with Crippen LogP contribution in [0, 0.1) is 5.92 Å². The summed E-state index contributed by atoms with van der Waals surface area (Å²) in [5.41, 5.74) is 4.76. The van der Waals surface area contributed by atoms with Crippen LogP contribution in [0.25, 0.3) is 5.57 Å². The topological polar surface area (TPSA) is 104 Å². The second kappa shape index (κ2) is 13.3. The summed E-state index contributed by atoms with van der Waals surface area (Å²) >= 11 is 0. The fourth-order valence-electron chi connectivity index (χ4n) is 4.82. The number of pyridine rings is 1. The maximum atomic E-state index is 13.3. The predicted octanol–water partition coefficient (Wildman–Crippen LogP) is 7.14. The van der Waals surface area contributed by atoms with Gasteiger partial charge < -0.3 is 19.5 Å². The summed E-state index contributed by atoms with van der Waals surface area (Å²) < 4.78 is 16.7. The van der Waals surface area contributed by atoms with Crippen molar-refractivity contribution in [3.8, 4) is 11.5 Å². The molecule has 1 N–H and O–H groups in total. The van der Waals surface area contributed by atoms with Crippen molar-refractivity contribution in [1.82, 2.24) is 10.3 Å². The zero-order valence-corrected chi connectivity index (χ0v) is 27.7. The van der Waals surface area contributed by atoms with E-state index in [0.29, 0.717) is 5.76 Å². The molecule has 0 saturated heterocycles. The average molecular weight is 613 g/mol. The number of hydrogen-bond acceptors (Lipinski definition) is 7. The predicted molar refractivity (Wildman–Crippen MR) is 174 cm³/mol. The molecule has 8 nitrogen and oxygen atoms in total. The Bertz CT molecular complexity index is 1530. The van der Waals surface area contributed by atoms with Crippen LogP contribution < -0.4 is 14.8 Å². The number of carbonyl (C=O) groups is 3. The minimum Gasteiger partial charge on any atom is -0.493 e. The van der Waals surface area contributed by atoms with Gasteiger partial charge in [0.1, 0.15) is 11.8 Å². The number of rotatable bonds is 9. The maximum absolute atomic E-state index is 13.3. The van der Waals surface area contributed by atoms with Crippen LogP contribution in [0.4, 0.5) is 0 Å². The molecule has 1 aromatic heterocycles. The minimum absolute atomic E-state index is 0.0143. The molecular formula is C37H44N2O6. The molecule has 45 heavy (non-hydrogen) atoms. The molecule has 8 heteroatoms. The molecule has 0 spiro atoms. The zero-order chi connectivity index (χ0) is 33.1. The van der Waals surface area contributed by atoms with E-state index in [4.69, 9.17) is 14.2 Å². The van der Waals surface area contributed by atoms with Crippen LogP contribution in [-0.4, -0.2) is 36.0 Å². The Morgan fingerprint density at radius 3 is 1.80 bits per heavy atom. The fraction of sp³-hybridized carbons (Fsp3) is 0.405. The lowest BCUT2D eigenvalue weighted by atomic mass is 9.84. The van der Waals surface area contributed by atoms with E-state index in [1.165, 1.54) is 37.4 Å². The van der Waals surface area contributed by atoms with Gasteiger partial charge in [0.25, 0.3) is 5.91 Å². The SMILES string of the molecule is COc1ccnc(C(=O)N[C@@H](C)C(=O)OC(C)=C(c2ccc(C(C)(C)C)cc2)c2ccc(C(C)(C)C)cc2)c1OC(=O)C1CC1. The monoisotopic (exact) mass is 612 g/mol. The number of nitrogens with one attached hydrogen (secondary N) is 1. The Kier molecular flexibility index (Phi) is 9.86. The number of hydrogen-bond donors (Lipinski definition) is 1. The Hall–Kier alpha value is -4.46. The van der Waals surface area contributed by atoms with Gasteiger partial charge in [-0.3, -0.25) is 9.59 Å². The Morgan fingerprint density at radius 1 is 0.844 bits per heavy atom. The van der Waals surface area contributed by atoms with Gasteiger partial charge in [-0.25, -0.2) is 9.78 Å². The van der Waals surface area contributed by atoms with E-state index in [1.54, 1.807) is 6.92 Å². The molecule has 1 amide bonds. The van der Waals surface area contributed by atoms with Crippen molar-refractivity contribution < 1.29 is 28.6 Å². The minimum atomic E-state index is -1.04. The third-order valence-corrected chi connectivity index (χ3v) is 7.80. The fourth-order valence-corrected chi connectivity index (χ4v) is 4.82. The molecule has 1 aliphatic rings. The molecule has 0 radical (unpaired) electrons. The van der Waals surface area contributed by atoms with Crippen molar-refractivity contribution in [3.05, 3.63) is 94.5 Å². The summed E-state index contributed by atoms with van der Waals surface area (Å²) in [5, 5.41) is 2.63. The number of methoxy groups -OCH3 is 1. The van der Waals surface area contributed by atoms with Crippen molar-refractivity contribution in [3.63, 3.8) is 0 Å². The third kappa shape index (κ3) is 8.18. The highest BCUT2D eigenvalue weighted by molar-refractivity contribution is 5.99. The van der Waals surface area contributed by atoms with E-state index < -0.39 is 23.9 Å². The first kappa shape index (κ1) is 33.4. The molecule has 0 unspecified atom stereocenters. The lowest BCUT2D eigenvalue weighted by Gasteiger charge is -2.22. The zero-order valence-electron chi connectivity index (χ0n) is 27.7. The van der Waals surface area contributed by atoms with Crippen molar-refractivity contribution in [2.24, 2.45) is 5.92 Å². The van der Waals surface area contributed by atoms with E-state index >= 15 is 0 Å². The second-order valence-electron chi connectivity index (χ2n) is 13.6. The number of amides is 1. The van der Waals surface area contributed by atoms with Gasteiger partial charge in [0.05, 0.1) is 13.0 Å². The normalized spacial score (nSPS) is 13.8. The quantitative estimate of drug-likeness (QED) is 0.202. The average Bonchev–Trinajstić information content (AvgIpc) is 3.83. The Labute approximate surface area is 266 Å². The highest BCUT2D eigenvalue weighted by Crippen LogP contribution is 2.36. The molecule has 238 valence electrons. The molecule has 0 aliphatic heterocycles. The van der Waals surface area contributed by atoms with Crippen LogP contribution in [0.1, 0.15) is 101 Å². The van der Waals surface area contributed by atoms with Gasteiger partial charge in [-0.2, -0.15) is 0 Å². The van der Waals surface area contributed by atoms with Crippen LogP contribution in [0.3, 0.4) is 0 Å². The molecule has 0 bridgehead atoms. The number of allylic oxidation sites excluding steroid dienone is 1. The molecule has 1 fully saturated rings. The number of aromatic nitrogens is 1. The highest BCUT2D eigenvalue weighted by atomic mass is 16.6. The lowest BCUT2D eigenvalue weighted by Crippen LogP contribution is -2.40. The first-order valence-corrected chi connectivity index (χ1v) is 15.3. The van der Waals surface area contributed by atoms with Gasteiger partial charge in [-0.1, -0.05) is 90.1 Å². The van der Waals surface area contributed by atoms with E-state index in [-0.39, 0.29) is 33.9 Å². The lowest BCUT2D eigenvalue weighted by molar-refractivity contribution is -0.141. The van der Waals surface area contributed by atoms with Gasteiger partial charge in [0.15, 0.2) is 11.4 Å². The number of nitrogens with zero attached hydrogens (tertiary/aromatic N) is 1. The standard InChI is InChI=1S/C37H44N2O6/c1-22(39-33(40)31-32(29(43-9)20-21-38-31)45-35(42)26-10-11-26)34(41)44-23(2)30(24-12-16-27(17-13-24)36(3,4)5)25-14-18-28(19-15-25)37(6,7)8/h12-22,26H,10-11H2,1-9H3,(H,39,40)/t22-/m0/s1. The first-order chi connectivity index (χ1) is 21.1. The number of ether oxygens (including phenoxy) is 3. The van der Waals surface area contributed by atoms with Crippen molar-refractivity contribution >= 4 is 23.4 Å². The van der Waals surface area contributed by atoms with Gasteiger partial charge in [-0.15, -0.1) is 0 Å². The highest BCUT2D eigenvalue weighted by Gasteiger charge is 2.34. The second-order valence-corrected chi connectivity index (χ2v) is 13.6. The van der Waals surface area contributed by atoms with E-state index in [2.05, 4.69) is 76.1 Å². The van der Waals surface area contributed by atoms with Gasteiger partial charge >= 0.3 is 11.9 Å². The van der Waals surface area contributed by atoms with Gasteiger partial charge in [0.2, 0.25) is 5.75 Å². The summed E-state index contributed by atoms with van der Waals surface area (Å²) in [6.07, 6.45) is 2.85. The molecule has 1 atom stereocenters. The molecule has 1 aliphatic carbocycles. The van der Waals surface area contributed by atoms with Crippen molar-refractivity contribution in [2.75, 3.05) is 7.11 Å². The van der Waals surface area contributed by atoms with Crippen LogP contribution in [-0.2, 0) is 25.2 Å². The van der Waals surface area contributed by atoms with Crippen molar-refractivity contribution in [2.45, 2.75) is 85.1 Å². The van der Waals surface area contributed by atoms with E-state index in [0.717, 1.165) is 29.5 Å². The van der Waals surface area contributed by atoms with Gasteiger partial charge in [-0.05, 0) is 59.8 Å². The summed E-state index contributed by atoms with van der Waals surface area (Å²) in [6, 6.07) is 17.0. The first-order valence-electron chi connectivity index (χ1n) is 15.3. The summed E-state index contributed by atoms with van der Waals surface area (Å²) in [6.45, 7) is 16.2. The summed E-state index contributed by atoms with van der Waals surface area (Å²) in [7, 11) is 1.41. The Balaban J connectivity index is 1.60. The molecule has 1 heterocycles. The van der Waals surface area contributed by atoms with E-state index in [1.807, 2.05) is 24.3 Å². The summed E-state index contributed by atoms with van der Waals surface area (Å²) in [5.74, 6) is -1.49. The number of benzene rings is 2. The Morgan fingerprint density at radius 2 is 1.36 bits per heavy atom. The molecule has 3 aromatic rings. The molecule has 4 rings (SSSR count). The van der Waals surface area contributed by atoms with Crippen molar-refractivity contribution in [1.29, 1.82) is 0 Å². The third-order valence-electron chi connectivity index (χ3n) is 7.80. The molecule has 1 saturated carbocycles. The molecular weight excluding hydrogens is 568 g/mol. The number of carbonyl (C=O) groups excluding carboxylic acids is 3. The number of esters is 2. The van der Waals surface area contributed by atoms with E-state index in [9.17, 15) is 14.4 Å². The van der Waals surface area contributed by atoms with Gasteiger partial charge in [0, 0.05) is 17.8 Å². The smallest absolute Gasteiger partial charge is 0.333 e. The van der Waals surface area contributed by atoms with Crippen LogP contribution in [0.5, 0.6) is 11.5 Å². The molecule has 2 aromatic carbocycles. The maximum Gasteiger partial charge on any atom is 0.333 e. The van der Waals surface area contributed by atoms with Crippen LogP contribution >= 0.6 is 0 Å².